The van der Waals surface area contributed by atoms with Gasteiger partial charge in [-0.3, -0.25) is 4.79 Å². The van der Waals surface area contributed by atoms with E-state index in [4.69, 9.17) is 0 Å². The lowest BCUT2D eigenvalue weighted by Gasteiger charge is -2.34. The van der Waals surface area contributed by atoms with E-state index in [1.807, 2.05) is 0 Å². The van der Waals surface area contributed by atoms with Crippen LogP contribution in [-0.4, -0.2) is 11.4 Å². The normalized spacial score (nSPS) is 39.4. The minimum Gasteiger partial charge on any atom is -0.351 e. The quantitative estimate of drug-likeness (QED) is 0.744. The maximum absolute atomic E-state index is 12.4. The average molecular weight is 237 g/mol. The predicted molar refractivity (Wildman–Crippen MR) is 70.6 cm³/mol. The Morgan fingerprint density at radius 1 is 1.24 bits per heavy atom. The summed E-state index contributed by atoms with van der Waals surface area (Å²) in [5.41, 5.74) is 0.592. The lowest BCUT2D eigenvalue weighted by Crippen LogP contribution is -2.45. The number of fused-ring (bicyclic) bond motifs is 2. The van der Waals surface area contributed by atoms with Gasteiger partial charge in [0.25, 0.3) is 0 Å². The molecule has 2 bridgehead atoms. The third-order valence-electron chi connectivity index (χ3n) is 5.48. The first-order valence-corrected chi connectivity index (χ1v) is 6.89. The van der Waals surface area contributed by atoms with Crippen LogP contribution in [0, 0.1) is 22.7 Å². The fraction of sp³-hybridized carbons (Fsp3) is 0.933. The second-order valence-electron chi connectivity index (χ2n) is 7.98. The smallest absolute Gasteiger partial charge is 0.223 e. The summed E-state index contributed by atoms with van der Waals surface area (Å²) in [5.74, 6) is 1.09. The van der Waals surface area contributed by atoms with E-state index >= 15 is 0 Å². The molecule has 1 N–H and O–H groups in total. The number of rotatable bonds is 1. The van der Waals surface area contributed by atoms with Crippen LogP contribution < -0.4 is 5.32 Å². The number of hydrogen-bond acceptors (Lipinski definition) is 1. The zero-order chi connectivity index (χ0) is 13.1. The van der Waals surface area contributed by atoms with E-state index in [0.717, 1.165) is 6.42 Å². The molecular weight excluding hydrogens is 210 g/mol. The largest absolute Gasteiger partial charge is 0.351 e. The molecule has 0 unspecified atom stereocenters. The van der Waals surface area contributed by atoms with Gasteiger partial charge in [-0.1, -0.05) is 20.8 Å². The van der Waals surface area contributed by atoms with Crippen molar-refractivity contribution < 1.29 is 4.79 Å². The van der Waals surface area contributed by atoms with Crippen molar-refractivity contribution in [2.24, 2.45) is 22.7 Å². The molecule has 3 atom stereocenters. The molecule has 2 saturated carbocycles. The van der Waals surface area contributed by atoms with Gasteiger partial charge in [0.2, 0.25) is 5.91 Å². The van der Waals surface area contributed by atoms with Crippen molar-refractivity contribution in [2.75, 3.05) is 0 Å². The molecule has 17 heavy (non-hydrogen) atoms. The molecule has 2 fully saturated rings. The Balaban J connectivity index is 2.15. The monoisotopic (exact) mass is 237 g/mol. The van der Waals surface area contributed by atoms with Crippen molar-refractivity contribution in [3.05, 3.63) is 0 Å². The maximum atomic E-state index is 12.4. The van der Waals surface area contributed by atoms with Crippen molar-refractivity contribution in [1.29, 1.82) is 0 Å². The summed E-state index contributed by atoms with van der Waals surface area (Å²) >= 11 is 0. The molecule has 2 nitrogen and oxygen atoms in total. The van der Waals surface area contributed by atoms with E-state index in [0.29, 0.717) is 16.7 Å². The van der Waals surface area contributed by atoms with Gasteiger partial charge in [0.05, 0.1) is 0 Å². The summed E-state index contributed by atoms with van der Waals surface area (Å²) in [7, 11) is 0. The third-order valence-corrected chi connectivity index (χ3v) is 5.48. The van der Waals surface area contributed by atoms with E-state index < -0.39 is 0 Å². The molecule has 0 heterocycles. The molecule has 0 aromatic heterocycles. The minimum atomic E-state index is -0.107. The molecule has 2 heteroatoms. The molecule has 2 aliphatic rings. The maximum Gasteiger partial charge on any atom is 0.223 e. The summed E-state index contributed by atoms with van der Waals surface area (Å²) in [6, 6.07) is 0. The summed E-state index contributed by atoms with van der Waals surface area (Å²) in [5, 5.41) is 3.16. The molecule has 0 saturated heterocycles. The highest BCUT2D eigenvalue weighted by molar-refractivity contribution is 5.80. The van der Waals surface area contributed by atoms with Crippen LogP contribution in [0.1, 0.15) is 60.8 Å². The predicted octanol–water partition coefficient (Wildman–Crippen LogP) is 3.36. The molecular formula is C15H27NO. The Bertz CT molecular complexity index is 337. The van der Waals surface area contributed by atoms with Gasteiger partial charge < -0.3 is 5.32 Å². The van der Waals surface area contributed by atoms with Crippen molar-refractivity contribution >= 4 is 5.91 Å². The highest BCUT2D eigenvalue weighted by atomic mass is 16.2. The first kappa shape index (κ1) is 12.9. The third kappa shape index (κ3) is 1.90. The molecule has 1 amide bonds. The molecule has 0 aromatic rings. The van der Waals surface area contributed by atoms with Gasteiger partial charge in [-0.2, -0.15) is 0 Å². The Morgan fingerprint density at radius 3 is 2.18 bits per heavy atom. The summed E-state index contributed by atoms with van der Waals surface area (Å²) in [6.07, 6.45) is 3.60. The Labute approximate surface area is 106 Å². The highest BCUT2D eigenvalue weighted by Gasteiger charge is 2.62. The Kier molecular flexibility index (Phi) is 2.65. The fourth-order valence-electron chi connectivity index (χ4n) is 4.04. The average Bonchev–Trinajstić information content (AvgIpc) is 2.45. The fourth-order valence-corrected chi connectivity index (χ4v) is 4.04. The van der Waals surface area contributed by atoms with Crippen molar-refractivity contribution in [3.8, 4) is 0 Å². The van der Waals surface area contributed by atoms with E-state index in [1.54, 1.807) is 0 Å². The van der Waals surface area contributed by atoms with Crippen molar-refractivity contribution in [2.45, 2.75) is 66.3 Å². The zero-order valence-electron chi connectivity index (χ0n) is 12.2. The van der Waals surface area contributed by atoms with Gasteiger partial charge in [-0.15, -0.1) is 0 Å². The molecule has 0 aromatic carbocycles. The summed E-state index contributed by atoms with van der Waals surface area (Å²) in [6.45, 7) is 13.3. The van der Waals surface area contributed by atoms with Gasteiger partial charge in [-0.05, 0) is 56.8 Å². The minimum absolute atomic E-state index is 0.107. The van der Waals surface area contributed by atoms with E-state index in [1.165, 1.54) is 12.8 Å². The number of amides is 1. The molecule has 98 valence electrons. The zero-order valence-corrected chi connectivity index (χ0v) is 12.2. The van der Waals surface area contributed by atoms with Gasteiger partial charge in [0.15, 0.2) is 0 Å². The molecule has 0 aliphatic heterocycles. The van der Waals surface area contributed by atoms with Crippen LogP contribution in [0.5, 0.6) is 0 Å². The second kappa shape index (κ2) is 3.49. The van der Waals surface area contributed by atoms with Crippen LogP contribution in [-0.2, 0) is 4.79 Å². The topological polar surface area (TPSA) is 29.1 Å². The van der Waals surface area contributed by atoms with E-state index in [9.17, 15) is 4.79 Å². The first-order valence-electron chi connectivity index (χ1n) is 6.89. The number of carbonyl (C=O) groups is 1. The van der Waals surface area contributed by atoms with E-state index in [2.05, 4.69) is 46.9 Å². The molecule has 2 aliphatic carbocycles. The first-order chi connectivity index (χ1) is 7.57. The standard InChI is InChI=1S/C15H27NO/c1-13(2,3)16-12(17)10-9-15(6)8-7-11(10)14(15,4)5/h10-11H,7-9H2,1-6H3,(H,16,17)/t10-,11+,15+/m0/s1. The number of hydrogen-bond donors (Lipinski definition) is 1. The lowest BCUT2D eigenvalue weighted by molar-refractivity contribution is -0.128. The van der Waals surface area contributed by atoms with Crippen LogP contribution >= 0.6 is 0 Å². The molecule has 0 spiro atoms. The van der Waals surface area contributed by atoms with Crippen molar-refractivity contribution in [3.63, 3.8) is 0 Å². The van der Waals surface area contributed by atoms with Crippen LogP contribution in [0.4, 0.5) is 0 Å². The van der Waals surface area contributed by atoms with Gasteiger partial charge in [-0.25, -0.2) is 0 Å². The molecule has 2 rings (SSSR count). The number of nitrogens with one attached hydrogen (secondary N) is 1. The van der Waals surface area contributed by atoms with E-state index in [-0.39, 0.29) is 17.4 Å². The van der Waals surface area contributed by atoms with Crippen molar-refractivity contribution in [1.82, 2.24) is 5.32 Å². The van der Waals surface area contributed by atoms with Crippen LogP contribution in [0.2, 0.25) is 0 Å². The van der Waals surface area contributed by atoms with Crippen LogP contribution in [0.25, 0.3) is 0 Å². The van der Waals surface area contributed by atoms with Crippen LogP contribution in [0.15, 0.2) is 0 Å². The van der Waals surface area contributed by atoms with Gasteiger partial charge >= 0.3 is 0 Å². The summed E-state index contributed by atoms with van der Waals surface area (Å²) in [4.78, 5) is 12.4. The Morgan fingerprint density at radius 2 is 1.82 bits per heavy atom. The number of carbonyl (C=O) groups excluding carboxylic acids is 1. The van der Waals surface area contributed by atoms with Gasteiger partial charge in [0, 0.05) is 11.5 Å². The van der Waals surface area contributed by atoms with Crippen LogP contribution in [0.3, 0.4) is 0 Å². The Hall–Kier alpha value is -0.530. The molecule has 0 radical (unpaired) electrons. The lowest BCUT2D eigenvalue weighted by atomic mass is 9.71. The summed E-state index contributed by atoms with van der Waals surface area (Å²) < 4.78 is 0. The second-order valence-corrected chi connectivity index (χ2v) is 7.98. The highest BCUT2D eigenvalue weighted by Crippen LogP contribution is 2.67. The van der Waals surface area contributed by atoms with Gasteiger partial charge in [0.1, 0.15) is 0 Å². The SMILES string of the molecule is CC(C)(C)NC(=O)[C@H]1C[C@@]2(C)CC[C@H]1C2(C)C.